The van der Waals surface area contributed by atoms with Gasteiger partial charge in [0.05, 0.1) is 54.6 Å². The zero-order valence-electron chi connectivity index (χ0n) is 43.9. The second-order valence-electron chi connectivity index (χ2n) is 21.9. The SMILES string of the molecule is Cc1c(C(C)NC(=O)NC2CCc3ncnn3C2)oc2cc(CC3(C)CC(NC(=O)NC(C)c4oc5cc(C6CC7(CO6)CC(NC(=O)NC(C)c6oc8ccccc8c6C)CCO7)ccc5c4C)CCO3)ccc12. The first-order chi connectivity index (χ1) is 36.1. The first-order valence-corrected chi connectivity index (χ1v) is 26.6. The number of urea groups is 3. The Morgan fingerprint density at radius 2 is 1.24 bits per heavy atom. The van der Waals surface area contributed by atoms with Gasteiger partial charge in [-0.1, -0.05) is 42.5 Å². The van der Waals surface area contributed by atoms with Crippen molar-refractivity contribution < 1.29 is 41.8 Å². The van der Waals surface area contributed by atoms with Crippen LogP contribution in [0.15, 0.2) is 80.2 Å². The number of carbonyl (C=O) groups excluding carboxylic acids is 3. The summed E-state index contributed by atoms with van der Waals surface area (Å²) in [5, 5.41) is 26.0. The number of nitrogens with one attached hydrogen (secondary N) is 6. The average Bonchev–Trinajstić information content (AvgIpc) is 4.21. The van der Waals surface area contributed by atoms with Crippen molar-refractivity contribution in [1.82, 2.24) is 46.7 Å². The topological polar surface area (TPSA) is 221 Å². The van der Waals surface area contributed by atoms with Crippen molar-refractivity contribution in [3.8, 4) is 0 Å². The minimum atomic E-state index is -0.525. The predicted octanol–water partition coefficient (Wildman–Crippen LogP) is 9.80. The molecule has 0 bridgehead atoms. The van der Waals surface area contributed by atoms with E-state index in [4.69, 9.17) is 27.5 Å². The summed E-state index contributed by atoms with van der Waals surface area (Å²) in [5.74, 6) is 3.09. The van der Waals surface area contributed by atoms with E-state index in [1.165, 1.54) is 0 Å². The summed E-state index contributed by atoms with van der Waals surface area (Å²) in [6, 6.07) is 18.3. The van der Waals surface area contributed by atoms with Crippen LogP contribution in [0.3, 0.4) is 0 Å². The van der Waals surface area contributed by atoms with E-state index in [9.17, 15) is 14.4 Å². The summed E-state index contributed by atoms with van der Waals surface area (Å²) >= 11 is 0. The largest absolute Gasteiger partial charge is 0.459 e. The van der Waals surface area contributed by atoms with Crippen molar-refractivity contribution in [2.24, 2.45) is 0 Å². The maximum Gasteiger partial charge on any atom is 0.315 e. The highest BCUT2D eigenvalue weighted by molar-refractivity contribution is 5.85. The molecular formula is C57H69N9O9. The van der Waals surface area contributed by atoms with E-state index in [0.717, 1.165) is 85.2 Å². The summed E-state index contributed by atoms with van der Waals surface area (Å²) in [7, 11) is 0. The van der Waals surface area contributed by atoms with E-state index in [0.29, 0.717) is 76.4 Å². The molecule has 6 amide bonds. The lowest BCUT2D eigenvalue weighted by Crippen LogP contribution is -2.51. The molecule has 4 aromatic heterocycles. The molecule has 9 unspecified atom stereocenters. The second kappa shape index (κ2) is 20.3. The lowest BCUT2D eigenvalue weighted by atomic mass is 9.86. The predicted molar refractivity (Wildman–Crippen MR) is 281 cm³/mol. The maximum atomic E-state index is 13.6. The fourth-order valence-electron chi connectivity index (χ4n) is 12.2. The highest BCUT2D eigenvalue weighted by atomic mass is 16.6. The molecule has 7 aromatic rings. The van der Waals surface area contributed by atoms with Gasteiger partial charge in [-0.25, -0.2) is 24.0 Å². The van der Waals surface area contributed by atoms with Gasteiger partial charge in [0.2, 0.25) is 0 Å². The number of rotatable bonds is 12. The molecule has 9 atom stereocenters. The number of amides is 6. The molecule has 3 aromatic carbocycles. The van der Waals surface area contributed by atoms with Crippen molar-refractivity contribution in [1.29, 1.82) is 0 Å². The molecule has 75 heavy (non-hydrogen) atoms. The van der Waals surface area contributed by atoms with Gasteiger partial charge in [0.1, 0.15) is 46.2 Å². The summed E-state index contributed by atoms with van der Waals surface area (Å²) < 4.78 is 40.1. The summed E-state index contributed by atoms with van der Waals surface area (Å²) in [4.78, 5) is 44.2. The number of para-hydroxylation sites is 1. The van der Waals surface area contributed by atoms with Crippen LogP contribution in [0, 0.1) is 20.8 Å². The number of benzene rings is 3. The van der Waals surface area contributed by atoms with Gasteiger partial charge in [0.25, 0.3) is 0 Å². The number of furan rings is 3. The van der Waals surface area contributed by atoms with E-state index >= 15 is 0 Å². The number of ether oxygens (including phenoxy) is 3. The van der Waals surface area contributed by atoms with E-state index in [1.54, 1.807) is 6.33 Å². The van der Waals surface area contributed by atoms with E-state index in [2.05, 4.69) is 79.2 Å². The van der Waals surface area contributed by atoms with Gasteiger partial charge in [-0.15, -0.1) is 0 Å². The van der Waals surface area contributed by atoms with Crippen LogP contribution in [-0.4, -0.2) is 82.0 Å². The summed E-state index contributed by atoms with van der Waals surface area (Å²) in [6.07, 6.45) is 6.86. The van der Waals surface area contributed by atoms with Crippen molar-refractivity contribution >= 4 is 51.0 Å². The van der Waals surface area contributed by atoms with E-state index in [-0.39, 0.29) is 54.4 Å². The first kappa shape index (κ1) is 50.3. The number of hydrogen-bond acceptors (Lipinski definition) is 11. The van der Waals surface area contributed by atoms with Gasteiger partial charge < -0.3 is 59.4 Å². The highest BCUT2D eigenvalue weighted by Gasteiger charge is 2.46. The van der Waals surface area contributed by atoms with Crippen molar-refractivity contribution in [2.45, 2.75) is 160 Å². The van der Waals surface area contributed by atoms with Crippen molar-refractivity contribution in [3.05, 3.63) is 118 Å². The molecule has 8 heterocycles. The Kier molecular flexibility index (Phi) is 13.6. The first-order valence-electron chi connectivity index (χ1n) is 26.6. The van der Waals surface area contributed by atoms with Crippen LogP contribution in [0.2, 0.25) is 0 Å². The molecule has 18 nitrogen and oxygen atoms in total. The average molecular weight is 1020 g/mol. The van der Waals surface area contributed by atoms with Crippen LogP contribution >= 0.6 is 0 Å². The van der Waals surface area contributed by atoms with E-state index < -0.39 is 17.2 Å². The van der Waals surface area contributed by atoms with Crippen LogP contribution < -0.4 is 31.9 Å². The second-order valence-corrected chi connectivity index (χ2v) is 21.9. The van der Waals surface area contributed by atoms with Crippen LogP contribution in [0.25, 0.3) is 32.9 Å². The highest BCUT2D eigenvalue weighted by Crippen LogP contribution is 2.44. The third-order valence-corrected chi connectivity index (χ3v) is 16.1. The molecular weight excluding hydrogens is 955 g/mol. The van der Waals surface area contributed by atoms with Crippen molar-refractivity contribution in [2.75, 3.05) is 19.8 Å². The van der Waals surface area contributed by atoms with Crippen LogP contribution in [0.5, 0.6) is 0 Å². The standard InChI is InChI=1S/C57H69N9O9/c1-31-42-10-8-9-11-45(42)73-50(31)34(4)60-54(68)64-40-19-21-72-57(26-40)27-48(70-29-57)38-13-16-44-33(3)52(75-47(44)23-38)36(6)61-53(67)63-39-18-20-71-56(7,25-39)24-37-12-15-43-32(2)51(74-46(43)22-37)35(5)62-55(69)65-41-14-17-49-58-30-59-66(49)28-41/h8-13,15-16,22-23,30,34-36,39-41,48H,14,17-21,24-29H2,1-7H3,(H2,60,64,68)(H2,61,63,67)(H2,62,65,69). The molecule has 3 saturated heterocycles. The molecule has 0 radical (unpaired) electrons. The molecule has 396 valence electrons. The minimum absolute atomic E-state index is 0.0323. The normalized spacial score (nSPS) is 24.9. The zero-order chi connectivity index (χ0) is 52.2. The van der Waals surface area contributed by atoms with Gasteiger partial charge >= 0.3 is 18.1 Å². The fourth-order valence-corrected chi connectivity index (χ4v) is 12.2. The van der Waals surface area contributed by atoms with Gasteiger partial charge in [0.15, 0.2) is 0 Å². The fraction of sp³-hybridized carbons (Fsp3) is 0.491. The minimum Gasteiger partial charge on any atom is -0.459 e. The Balaban J connectivity index is 0.661. The third kappa shape index (κ3) is 10.4. The molecule has 6 N–H and O–H groups in total. The number of fused-ring (bicyclic) bond motifs is 4. The molecule has 4 aliphatic heterocycles. The molecule has 3 fully saturated rings. The van der Waals surface area contributed by atoms with Gasteiger partial charge in [-0.2, -0.15) is 5.10 Å². The van der Waals surface area contributed by atoms with Crippen molar-refractivity contribution in [3.63, 3.8) is 0 Å². The maximum absolute atomic E-state index is 13.6. The Morgan fingerprint density at radius 1 is 0.667 bits per heavy atom. The number of aryl methyl sites for hydroxylation is 4. The molecule has 4 aliphatic rings. The molecule has 18 heteroatoms. The number of aromatic nitrogens is 3. The van der Waals surface area contributed by atoms with Gasteiger partial charge in [0, 0.05) is 77.4 Å². The van der Waals surface area contributed by atoms with Gasteiger partial charge in [-0.3, -0.25) is 0 Å². The lowest BCUT2D eigenvalue weighted by Gasteiger charge is -2.39. The molecule has 0 aliphatic carbocycles. The van der Waals surface area contributed by atoms with Crippen LogP contribution in [0.1, 0.15) is 141 Å². The third-order valence-electron chi connectivity index (χ3n) is 16.1. The number of carbonyl (C=O) groups is 3. The monoisotopic (exact) mass is 1020 g/mol. The quantitative estimate of drug-likeness (QED) is 0.0676. The summed E-state index contributed by atoms with van der Waals surface area (Å²) in [5.41, 5.74) is 6.26. The lowest BCUT2D eigenvalue weighted by molar-refractivity contribution is -0.0880. The Bertz CT molecular complexity index is 3270. The Hall–Kier alpha value is -6.89. The smallest absolute Gasteiger partial charge is 0.315 e. The number of hydrogen-bond donors (Lipinski definition) is 6. The van der Waals surface area contributed by atoms with E-state index in [1.807, 2.05) is 76.6 Å². The molecule has 0 saturated carbocycles. The Morgan fingerprint density at radius 3 is 1.91 bits per heavy atom. The molecule has 1 spiro atoms. The van der Waals surface area contributed by atoms with Crippen LogP contribution in [-0.2, 0) is 33.6 Å². The summed E-state index contributed by atoms with van der Waals surface area (Å²) in [6.45, 7) is 16.0. The zero-order valence-corrected chi connectivity index (χ0v) is 43.9. The van der Waals surface area contributed by atoms with Gasteiger partial charge in [-0.05, 0) is 110 Å². The van der Waals surface area contributed by atoms with Crippen LogP contribution in [0.4, 0.5) is 14.4 Å². The Labute approximate surface area is 435 Å². The molecule has 11 rings (SSSR count). The number of nitrogens with zero attached hydrogens (tertiary/aromatic N) is 3.